The van der Waals surface area contributed by atoms with E-state index in [0.29, 0.717) is 12.5 Å². The van der Waals surface area contributed by atoms with Crippen LogP contribution >= 0.6 is 11.3 Å². The van der Waals surface area contributed by atoms with Crippen LogP contribution in [0.2, 0.25) is 0 Å². The Morgan fingerprint density at radius 1 is 1.43 bits per heavy atom. The molecule has 2 nitrogen and oxygen atoms in total. The molecule has 1 aromatic carbocycles. The van der Waals surface area contributed by atoms with Gasteiger partial charge < -0.3 is 0 Å². The zero-order valence-electron chi connectivity index (χ0n) is 8.03. The fourth-order valence-corrected chi connectivity index (χ4v) is 2.50. The summed E-state index contributed by atoms with van der Waals surface area (Å²) in [6.07, 6.45) is 0. The molecule has 1 heterocycles. The van der Waals surface area contributed by atoms with E-state index in [9.17, 15) is 0 Å². The van der Waals surface area contributed by atoms with E-state index in [0.717, 1.165) is 0 Å². The molecule has 0 saturated heterocycles. The van der Waals surface area contributed by atoms with Crippen molar-refractivity contribution in [1.82, 2.24) is 0 Å². The number of thiophene rings is 1. The van der Waals surface area contributed by atoms with Crippen LogP contribution in [0.4, 0.5) is 0 Å². The van der Waals surface area contributed by atoms with Gasteiger partial charge in [0.1, 0.15) is 0 Å². The van der Waals surface area contributed by atoms with Gasteiger partial charge in [-0.3, -0.25) is 0 Å². The van der Waals surface area contributed by atoms with Crippen LogP contribution in [-0.2, 0) is 0 Å². The highest BCUT2D eigenvalue weighted by Crippen LogP contribution is 2.29. The fraction of sp³-hybridized carbons (Fsp3) is 0.273. The van der Waals surface area contributed by atoms with Crippen molar-refractivity contribution < 1.29 is 0 Å². The van der Waals surface area contributed by atoms with E-state index < -0.39 is 0 Å². The molecule has 72 valence electrons. The van der Waals surface area contributed by atoms with Gasteiger partial charge in [-0.1, -0.05) is 19.1 Å². The maximum absolute atomic E-state index is 6.88. The third kappa shape index (κ3) is 1.55. The van der Waals surface area contributed by atoms with Crippen molar-refractivity contribution in [2.45, 2.75) is 12.8 Å². The molecule has 2 rings (SSSR count). The first-order valence-electron chi connectivity index (χ1n) is 4.62. The summed E-state index contributed by atoms with van der Waals surface area (Å²) < 4.78 is 1.32. The summed E-state index contributed by atoms with van der Waals surface area (Å²) >= 11 is 1.76. The lowest BCUT2D eigenvalue weighted by atomic mass is 9.98. The second-order valence-electron chi connectivity index (χ2n) is 3.42. The molecule has 0 fully saturated rings. The predicted molar refractivity (Wildman–Crippen MR) is 60.3 cm³/mol. The van der Waals surface area contributed by atoms with Crippen LogP contribution in [0.5, 0.6) is 0 Å². The van der Waals surface area contributed by atoms with Gasteiger partial charge in [-0.2, -0.15) is 5.11 Å². The fourth-order valence-electron chi connectivity index (χ4n) is 1.68. The molecule has 0 spiro atoms. The highest BCUT2D eigenvalue weighted by Gasteiger charge is 2.08. The van der Waals surface area contributed by atoms with Crippen LogP contribution in [0.3, 0.4) is 0 Å². The highest BCUT2D eigenvalue weighted by atomic mass is 32.1. The number of fused-ring (bicyclic) bond motifs is 1. The van der Waals surface area contributed by atoms with Crippen LogP contribution in [0, 0.1) is 5.53 Å². The Morgan fingerprint density at radius 2 is 2.29 bits per heavy atom. The average Bonchev–Trinajstić information content (AvgIpc) is 2.65. The van der Waals surface area contributed by atoms with E-state index in [-0.39, 0.29) is 0 Å². The maximum atomic E-state index is 6.88. The quantitative estimate of drug-likeness (QED) is 0.733. The van der Waals surface area contributed by atoms with Crippen LogP contribution in [0.25, 0.3) is 10.1 Å². The topological polar surface area (TPSA) is 36.2 Å². The van der Waals surface area contributed by atoms with E-state index in [1.54, 1.807) is 11.3 Å². The molecule has 1 atom stereocenters. The molecule has 0 aliphatic carbocycles. The van der Waals surface area contributed by atoms with E-state index in [1.165, 1.54) is 15.6 Å². The van der Waals surface area contributed by atoms with Crippen molar-refractivity contribution >= 4 is 21.4 Å². The summed E-state index contributed by atoms with van der Waals surface area (Å²) in [5, 5.41) is 6.88. The van der Waals surface area contributed by atoms with Crippen LogP contribution in [-0.4, -0.2) is 6.54 Å². The standard InChI is InChI=1S/C11H12N2S/c1-8(7-13-12)9-3-2-4-11-10(9)5-6-14-11/h2-6,8,12H,7H2,1H3. The third-order valence-electron chi connectivity index (χ3n) is 2.43. The molecular weight excluding hydrogens is 192 g/mol. The largest absolute Gasteiger partial charge is 0.210 e. The van der Waals surface area contributed by atoms with E-state index in [2.05, 4.69) is 41.7 Å². The second kappa shape index (κ2) is 3.88. The van der Waals surface area contributed by atoms with Crippen molar-refractivity contribution in [3.8, 4) is 0 Å². The molecule has 3 heteroatoms. The Balaban J connectivity index is 2.50. The minimum atomic E-state index is 0.339. The minimum Gasteiger partial charge on any atom is -0.210 e. The third-order valence-corrected chi connectivity index (χ3v) is 3.31. The molecule has 1 aromatic heterocycles. The van der Waals surface area contributed by atoms with E-state index in [1.807, 2.05) is 0 Å². The first-order chi connectivity index (χ1) is 6.83. The van der Waals surface area contributed by atoms with Gasteiger partial charge in [0.25, 0.3) is 0 Å². The Labute approximate surface area is 87.1 Å². The average molecular weight is 204 g/mol. The zero-order chi connectivity index (χ0) is 9.97. The number of hydrogen-bond donors (Lipinski definition) is 1. The Kier molecular flexibility index (Phi) is 2.59. The molecule has 2 aromatic rings. The minimum absolute atomic E-state index is 0.339. The van der Waals surface area contributed by atoms with Gasteiger partial charge in [0.05, 0.1) is 6.54 Å². The first kappa shape index (κ1) is 9.34. The van der Waals surface area contributed by atoms with Crippen LogP contribution < -0.4 is 0 Å². The number of nitrogens with zero attached hydrogens (tertiary/aromatic N) is 1. The van der Waals surface area contributed by atoms with Crippen molar-refractivity contribution in [3.63, 3.8) is 0 Å². The normalized spacial score (nSPS) is 12.9. The molecule has 0 radical (unpaired) electrons. The Hall–Kier alpha value is -1.22. The lowest BCUT2D eigenvalue weighted by Gasteiger charge is -2.09. The van der Waals surface area contributed by atoms with Gasteiger partial charge in [-0.15, -0.1) is 11.3 Å². The summed E-state index contributed by atoms with van der Waals surface area (Å²) in [6.45, 7) is 2.69. The van der Waals surface area contributed by atoms with Crippen molar-refractivity contribution in [2.75, 3.05) is 6.54 Å². The Morgan fingerprint density at radius 3 is 3.07 bits per heavy atom. The number of hydrogen-bond acceptors (Lipinski definition) is 3. The number of benzene rings is 1. The molecule has 0 aliphatic rings. The van der Waals surface area contributed by atoms with Gasteiger partial charge in [0, 0.05) is 10.6 Å². The molecule has 14 heavy (non-hydrogen) atoms. The predicted octanol–water partition coefficient (Wildman–Crippen LogP) is 4.04. The molecule has 0 amide bonds. The summed E-state index contributed by atoms with van der Waals surface area (Å²) in [4.78, 5) is 0. The zero-order valence-corrected chi connectivity index (χ0v) is 8.84. The summed E-state index contributed by atoms with van der Waals surface area (Å²) in [5.41, 5.74) is 8.19. The molecule has 1 unspecified atom stereocenters. The van der Waals surface area contributed by atoms with Gasteiger partial charge in [0.15, 0.2) is 0 Å². The van der Waals surface area contributed by atoms with Gasteiger partial charge >= 0.3 is 0 Å². The molecular formula is C11H12N2S. The highest BCUT2D eigenvalue weighted by molar-refractivity contribution is 7.17. The molecule has 0 bridgehead atoms. The smallest absolute Gasteiger partial charge is 0.0662 e. The SMILES string of the molecule is CC(CN=N)c1cccc2sccc12. The van der Waals surface area contributed by atoms with Crippen LogP contribution in [0.1, 0.15) is 18.4 Å². The number of rotatable bonds is 3. The summed E-state index contributed by atoms with van der Waals surface area (Å²) in [5.74, 6) is 0.339. The maximum Gasteiger partial charge on any atom is 0.0662 e. The van der Waals surface area contributed by atoms with Gasteiger partial charge in [0.2, 0.25) is 0 Å². The first-order valence-corrected chi connectivity index (χ1v) is 5.50. The number of nitrogens with one attached hydrogen (secondary N) is 1. The van der Waals surface area contributed by atoms with E-state index >= 15 is 0 Å². The summed E-state index contributed by atoms with van der Waals surface area (Å²) in [7, 11) is 0. The second-order valence-corrected chi connectivity index (χ2v) is 4.37. The van der Waals surface area contributed by atoms with Crippen molar-refractivity contribution in [1.29, 1.82) is 5.53 Å². The van der Waals surface area contributed by atoms with Crippen molar-refractivity contribution in [2.24, 2.45) is 5.11 Å². The van der Waals surface area contributed by atoms with Crippen LogP contribution in [0.15, 0.2) is 34.8 Å². The monoisotopic (exact) mass is 204 g/mol. The van der Waals surface area contributed by atoms with Gasteiger partial charge in [-0.05, 0) is 28.5 Å². The summed E-state index contributed by atoms with van der Waals surface area (Å²) in [6, 6.07) is 8.49. The lowest BCUT2D eigenvalue weighted by molar-refractivity contribution is 0.736. The molecule has 0 saturated carbocycles. The van der Waals surface area contributed by atoms with Crippen molar-refractivity contribution in [3.05, 3.63) is 35.2 Å². The Bertz CT molecular complexity index is 447. The lowest BCUT2D eigenvalue weighted by Crippen LogP contribution is -1.96. The van der Waals surface area contributed by atoms with Gasteiger partial charge in [-0.25, -0.2) is 5.53 Å². The molecule has 0 aliphatic heterocycles. The molecule has 1 N–H and O–H groups in total. The van der Waals surface area contributed by atoms with E-state index in [4.69, 9.17) is 5.53 Å².